The Morgan fingerprint density at radius 3 is 2.89 bits per heavy atom. The van der Waals surface area contributed by atoms with Gasteiger partial charge in [0, 0.05) is 12.1 Å². The first-order valence-corrected chi connectivity index (χ1v) is 10.5. The predicted molar refractivity (Wildman–Crippen MR) is 111 cm³/mol. The second-order valence-corrected chi connectivity index (χ2v) is 8.58. The summed E-state index contributed by atoms with van der Waals surface area (Å²) in [5, 5.41) is 4.28. The van der Waals surface area contributed by atoms with Gasteiger partial charge in [0.15, 0.2) is 11.6 Å². The standard InChI is InChI=1S/C22H25N3OS/c1-15-10-11-17(16(2)13-15)23-21(26)14-25-12-6-5-8-19(25)22-24-18-7-3-4-9-20(18)27-22/h3-4,7,9-11,13,19H,5-6,8,12,14H2,1-2H3,(H,23,26)/p+1/t19-/m1/s1. The number of benzene rings is 2. The van der Waals surface area contributed by atoms with Crippen LogP contribution in [0.3, 0.4) is 0 Å². The molecule has 1 fully saturated rings. The summed E-state index contributed by atoms with van der Waals surface area (Å²) in [6.45, 7) is 5.63. The first-order valence-electron chi connectivity index (χ1n) is 9.67. The number of fused-ring (bicyclic) bond motifs is 1. The van der Waals surface area contributed by atoms with Crippen LogP contribution in [-0.4, -0.2) is 24.0 Å². The maximum atomic E-state index is 12.7. The molecule has 0 radical (unpaired) electrons. The van der Waals surface area contributed by atoms with Crippen molar-refractivity contribution in [3.63, 3.8) is 0 Å². The normalized spacial score (nSPS) is 19.9. The van der Waals surface area contributed by atoms with Gasteiger partial charge >= 0.3 is 0 Å². The molecule has 1 amide bonds. The monoisotopic (exact) mass is 380 g/mol. The Morgan fingerprint density at radius 1 is 1.22 bits per heavy atom. The van der Waals surface area contributed by atoms with E-state index in [9.17, 15) is 4.79 Å². The van der Waals surface area contributed by atoms with Crippen molar-refractivity contribution in [1.82, 2.24) is 4.98 Å². The Labute approximate surface area is 164 Å². The first kappa shape index (κ1) is 18.1. The minimum atomic E-state index is 0.0879. The van der Waals surface area contributed by atoms with Crippen LogP contribution in [0.5, 0.6) is 0 Å². The highest BCUT2D eigenvalue weighted by atomic mass is 32.1. The number of carbonyl (C=O) groups is 1. The summed E-state index contributed by atoms with van der Waals surface area (Å²) in [5.41, 5.74) is 4.31. The van der Waals surface area contributed by atoms with Crippen LogP contribution in [-0.2, 0) is 4.79 Å². The van der Waals surface area contributed by atoms with E-state index in [0.29, 0.717) is 12.6 Å². The smallest absolute Gasteiger partial charge is 0.279 e. The number of aryl methyl sites for hydroxylation is 2. The summed E-state index contributed by atoms with van der Waals surface area (Å²) >= 11 is 1.78. The zero-order chi connectivity index (χ0) is 18.8. The van der Waals surface area contributed by atoms with E-state index in [0.717, 1.165) is 29.7 Å². The number of amides is 1. The molecule has 0 aliphatic carbocycles. The molecule has 5 heteroatoms. The highest BCUT2D eigenvalue weighted by Gasteiger charge is 2.32. The summed E-state index contributed by atoms with van der Waals surface area (Å²) in [7, 11) is 0. The van der Waals surface area contributed by atoms with Gasteiger partial charge in [-0.1, -0.05) is 29.8 Å². The van der Waals surface area contributed by atoms with E-state index in [1.165, 1.54) is 33.0 Å². The van der Waals surface area contributed by atoms with Gasteiger partial charge in [-0.2, -0.15) is 0 Å². The average Bonchev–Trinajstić information content (AvgIpc) is 3.08. The summed E-state index contributed by atoms with van der Waals surface area (Å²) in [4.78, 5) is 18.9. The number of nitrogens with one attached hydrogen (secondary N) is 2. The molecule has 1 unspecified atom stereocenters. The van der Waals surface area contributed by atoms with Crippen LogP contribution in [0.4, 0.5) is 5.69 Å². The lowest BCUT2D eigenvalue weighted by Gasteiger charge is -2.30. The average molecular weight is 381 g/mol. The van der Waals surface area contributed by atoms with Crippen LogP contribution in [0, 0.1) is 13.8 Å². The van der Waals surface area contributed by atoms with E-state index in [2.05, 4.69) is 36.5 Å². The summed E-state index contributed by atoms with van der Waals surface area (Å²) in [6, 6.07) is 14.8. The number of nitrogens with zero attached hydrogens (tertiary/aromatic N) is 1. The molecule has 2 atom stereocenters. The molecule has 2 aromatic carbocycles. The van der Waals surface area contributed by atoms with Gasteiger partial charge in [0.25, 0.3) is 5.91 Å². The summed E-state index contributed by atoms with van der Waals surface area (Å²) in [5.74, 6) is 0.0879. The van der Waals surface area contributed by atoms with Gasteiger partial charge in [0.2, 0.25) is 0 Å². The van der Waals surface area contributed by atoms with Crippen molar-refractivity contribution < 1.29 is 9.69 Å². The number of rotatable bonds is 4. The summed E-state index contributed by atoms with van der Waals surface area (Å²) in [6.07, 6.45) is 3.49. The van der Waals surface area contributed by atoms with E-state index in [-0.39, 0.29) is 5.91 Å². The minimum absolute atomic E-state index is 0.0879. The number of hydrogen-bond acceptors (Lipinski definition) is 3. The Kier molecular flexibility index (Phi) is 5.23. The molecular formula is C22H26N3OS+. The zero-order valence-corrected chi connectivity index (χ0v) is 16.7. The fraction of sp³-hybridized carbons (Fsp3) is 0.364. The molecule has 140 valence electrons. The largest absolute Gasteiger partial charge is 0.321 e. The number of piperidine rings is 1. The molecule has 4 rings (SSSR count). The third-order valence-corrected chi connectivity index (χ3v) is 6.54. The van der Waals surface area contributed by atoms with Crippen LogP contribution in [0.25, 0.3) is 10.2 Å². The second kappa shape index (κ2) is 7.79. The highest BCUT2D eigenvalue weighted by Crippen LogP contribution is 2.28. The van der Waals surface area contributed by atoms with Crippen molar-refractivity contribution in [2.75, 3.05) is 18.4 Å². The van der Waals surface area contributed by atoms with E-state index >= 15 is 0 Å². The van der Waals surface area contributed by atoms with Crippen LogP contribution in [0.1, 0.15) is 41.4 Å². The van der Waals surface area contributed by atoms with Gasteiger partial charge < -0.3 is 10.2 Å². The van der Waals surface area contributed by atoms with Crippen molar-refractivity contribution in [1.29, 1.82) is 0 Å². The lowest BCUT2D eigenvalue weighted by Crippen LogP contribution is -3.14. The molecular weight excluding hydrogens is 354 g/mol. The number of thiazole rings is 1. The molecule has 2 heterocycles. The number of likely N-dealkylation sites (tertiary alicyclic amines) is 1. The molecule has 1 aliphatic heterocycles. The molecule has 27 heavy (non-hydrogen) atoms. The second-order valence-electron chi connectivity index (χ2n) is 7.52. The fourth-order valence-corrected chi connectivity index (χ4v) is 5.14. The molecule has 1 saturated heterocycles. The third-order valence-electron chi connectivity index (χ3n) is 5.39. The van der Waals surface area contributed by atoms with E-state index in [4.69, 9.17) is 4.98 Å². The third kappa shape index (κ3) is 4.04. The molecule has 3 aromatic rings. The molecule has 1 aromatic heterocycles. The maximum Gasteiger partial charge on any atom is 0.279 e. The van der Waals surface area contributed by atoms with E-state index in [1.807, 2.05) is 25.1 Å². The lowest BCUT2D eigenvalue weighted by atomic mass is 10.0. The SMILES string of the molecule is Cc1ccc(NC(=O)C[NH+]2CCCC[C@@H]2c2nc3ccccc3s2)c(C)c1. The number of hydrogen-bond donors (Lipinski definition) is 2. The van der Waals surface area contributed by atoms with Gasteiger partial charge in [-0.25, -0.2) is 4.98 Å². The molecule has 0 spiro atoms. The minimum Gasteiger partial charge on any atom is -0.321 e. The van der Waals surface area contributed by atoms with Crippen molar-refractivity contribution in [3.8, 4) is 0 Å². The first-order chi connectivity index (χ1) is 13.1. The Balaban J connectivity index is 1.49. The van der Waals surface area contributed by atoms with Crippen molar-refractivity contribution in [3.05, 3.63) is 58.6 Å². The van der Waals surface area contributed by atoms with Crippen LogP contribution >= 0.6 is 11.3 Å². The van der Waals surface area contributed by atoms with Gasteiger partial charge in [-0.15, -0.1) is 11.3 Å². The zero-order valence-electron chi connectivity index (χ0n) is 15.9. The quantitative estimate of drug-likeness (QED) is 0.726. The van der Waals surface area contributed by atoms with Crippen LogP contribution in [0.15, 0.2) is 42.5 Å². The molecule has 1 aliphatic rings. The van der Waals surface area contributed by atoms with Gasteiger partial charge in [0.05, 0.1) is 16.8 Å². The van der Waals surface area contributed by atoms with Gasteiger partial charge in [-0.05, 0) is 50.5 Å². The van der Waals surface area contributed by atoms with Crippen molar-refractivity contribution in [2.45, 2.75) is 39.2 Å². The topological polar surface area (TPSA) is 46.4 Å². The molecule has 0 bridgehead atoms. The maximum absolute atomic E-state index is 12.7. The Hall–Kier alpha value is -2.24. The predicted octanol–water partition coefficient (Wildman–Crippen LogP) is 3.66. The van der Waals surface area contributed by atoms with Crippen LogP contribution in [0.2, 0.25) is 0 Å². The number of carbonyl (C=O) groups excluding carboxylic acids is 1. The van der Waals surface area contributed by atoms with Crippen molar-refractivity contribution in [2.24, 2.45) is 0 Å². The number of quaternary nitrogens is 1. The number of anilines is 1. The summed E-state index contributed by atoms with van der Waals surface area (Å²) < 4.78 is 1.23. The molecule has 2 N–H and O–H groups in total. The fourth-order valence-electron chi connectivity index (χ4n) is 3.98. The van der Waals surface area contributed by atoms with Crippen molar-refractivity contribution >= 4 is 33.1 Å². The Bertz CT molecular complexity index is 932. The number of para-hydroxylation sites is 1. The van der Waals surface area contributed by atoms with Gasteiger partial charge in [-0.3, -0.25) is 4.79 Å². The molecule has 0 saturated carbocycles. The number of aromatic nitrogens is 1. The van der Waals surface area contributed by atoms with Gasteiger partial charge in [0.1, 0.15) is 6.04 Å². The highest BCUT2D eigenvalue weighted by molar-refractivity contribution is 7.18. The Morgan fingerprint density at radius 2 is 2.07 bits per heavy atom. The van der Waals surface area contributed by atoms with Crippen LogP contribution < -0.4 is 10.2 Å². The van der Waals surface area contributed by atoms with E-state index in [1.54, 1.807) is 11.3 Å². The van der Waals surface area contributed by atoms with E-state index < -0.39 is 0 Å². The lowest BCUT2D eigenvalue weighted by molar-refractivity contribution is -0.929. The molecule has 4 nitrogen and oxygen atoms in total.